The molecule has 4 nitrogen and oxygen atoms in total. The van der Waals surface area contributed by atoms with Crippen molar-refractivity contribution >= 4 is 6.09 Å². The van der Waals surface area contributed by atoms with Crippen LogP contribution in [0.1, 0.15) is 43.7 Å². The first-order chi connectivity index (χ1) is 11.6. The summed E-state index contributed by atoms with van der Waals surface area (Å²) in [4.78, 5) is 11.5. The van der Waals surface area contributed by atoms with E-state index in [2.05, 4.69) is 5.32 Å². The Hall–Kier alpha value is -1.83. The number of carbonyl (C=O) groups is 1. The molecule has 0 aromatic heterocycles. The lowest BCUT2D eigenvalue weighted by atomic mass is 9.74. The molecule has 1 aromatic rings. The van der Waals surface area contributed by atoms with Gasteiger partial charge in [-0.25, -0.2) is 9.18 Å². The molecule has 3 rings (SSSR count). The summed E-state index contributed by atoms with van der Waals surface area (Å²) >= 11 is 0. The number of carbonyl (C=O) groups excluding carboxylic acids is 1. The molecular weight excluding hydrogens is 340 g/mol. The molecular formula is C17H20F4N2O2. The second-order valence-electron chi connectivity index (χ2n) is 6.95. The van der Waals surface area contributed by atoms with Crippen LogP contribution < -0.4 is 11.1 Å². The van der Waals surface area contributed by atoms with E-state index in [0.717, 1.165) is 31.5 Å². The second-order valence-corrected chi connectivity index (χ2v) is 6.95. The van der Waals surface area contributed by atoms with Gasteiger partial charge >= 0.3 is 12.3 Å². The maximum absolute atomic E-state index is 13.6. The molecule has 1 aliphatic heterocycles. The molecule has 2 aliphatic rings. The van der Waals surface area contributed by atoms with Crippen LogP contribution >= 0.6 is 0 Å². The average molecular weight is 360 g/mol. The fraction of sp³-hybridized carbons (Fsp3) is 0.588. The standard InChI is InChI=1S/C17H20F4N2O2/c1-15(25-14(22)24,13-3-2-8-23-13)16(6-7-16)10-4-5-12(18)11(9-10)17(19,20)21/h4-5,9,13,23H,2-3,6-8H2,1H3,(H2,22,24)/t13?,15-/m1/s1. The Labute approximate surface area is 142 Å². The molecule has 1 aliphatic carbocycles. The number of hydrogen-bond acceptors (Lipinski definition) is 3. The number of alkyl halides is 3. The molecule has 25 heavy (non-hydrogen) atoms. The Bertz CT molecular complexity index is 682. The van der Waals surface area contributed by atoms with Gasteiger partial charge in [-0.3, -0.25) is 0 Å². The first kappa shape index (κ1) is 18.0. The van der Waals surface area contributed by atoms with Crippen molar-refractivity contribution in [3.63, 3.8) is 0 Å². The Morgan fingerprint density at radius 1 is 1.36 bits per heavy atom. The zero-order valence-electron chi connectivity index (χ0n) is 13.8. The largest absolute Gasteiger partial charge is 0.441 e. The summed E-state index contributed by atoms with van der Waals surface area (Å²) < 4.78 is 58.4. The molecule has 2 atom stereocenters. The van der Waals surface area contributed by atoms with Gasteiger partial charge in [0.25, 0.3) is 0 Å². The van der Waals surface area contributed by atoms with Gasteiger partial charge in [-0.05, 0) is 56.8 Å². The summed E-state index contributed by atoms with van der Waals surface area (Å²) in [7, 11) is 0. The van der Waals surface area contributed by atoms with Crippen molar-refractivity contribution in [1.82, 2.24) is 5.32 Å². The topological polar surface area (TPSA) is 64.3 Å². The summed E-state index contributed by atoms with van der Waals surface area (Å²) in [5.74, 6) is -1.32. The number of halogens is 4. The van der Waals surface area contributed by atoms with E-state index in [1.54, 1.807) is 6.92 Å². The highest BCUT2D eigenvalue weighted by Crippen LogP contribution is 2.59. The molecule has 0 radical (unpaired) electrons. The number of nitrogens with one attached hydrogen (secondary N) is 1. The summed E-state index contributed by atoms with van der Waals surface area (Å²) in [6.07, 6.45) is -3.09. The molecule has 0 spiro atoms. The molecule has 8 heteroatoms. The molecule has 1 amide bonds. The zero-order valence-corrected chi connectivity index (χ0v) is 13.8. The maximum atomic E-state index is 13.6. The van der Waals surface area contributed by atoms with E-state index in [9.17, 15) is 22.4 Å². The molecule has 3 N–H and O–H groups in total. The smallest absolute Gasteiger partial charge is 0.419 e. The van der Waals surface area contributed by atoms with E-state index in [-0.39, 0.29) is 6.04 Å². The van der Waals surface area contributed by atoms with Gasteiger partial charge in [0.05, 0.1) is 5.56 Å². The minimum atomic E-state index is -4.79. The Morgan fingerprint density at radius 2 is 2.04 bits per heavy atom. The van der Waals surface area contributed by atoms with Crippen molar-refractivity contribution in [3.8, 4) is 0 Å². The molecule has 1 heterocycles. The molecule has 0 bridgehead atoms. The van der Waals surface area contributed by atoms with Gasteiger partial charge < -0.3 is 15.8 Å². The first-order valence-corrected chi connectivity index (χ1v) is 8.19. The SMILES string of the molecule is C[C@@](OC(N)=O)(C1CCCN1)C1(c2ccc(F)c(C(F)(F)F)c2)CC1. The van der Waals surface area contributed by atoms with E-state index in [4.69, 9.17) is 10.5 Å². The van der Waals surface area contributed by atoms with E-state index >= 15 is 0 Å². The van der Waals surface area contributed by atoms with Crippen LogP contribution in [-0.2, 0) is 16.3 Å². The quantitative estimate of drug-likeness (QED) is 0.808. The zero-order chi connectivity index (χ0) is 18.5. The third-order valence-electron chi connectivity index (χ3n) is 5.56. The van der Waals surface area contributed by atoms with E-state index in [0.29, 0.717) is 18.4 Å². The van der Waals surface area contributed by atoms with Crippen LogP contribution in [0.5, 0.6) is 0 Å². The van der Waals surface area contributed by atoms with E-state index in [1.165, 1.54) is 6.07 Å². The van der Waals surface area contributed by atoms with Crippen LogP contribution in [-0.4, -0.2) is 24.3 Å². The Balaban J connectivity index is 2.06. The fourth-order valence-electron chi connectivity index (χ4n) is 4.10. The van der Waals surface area contributed by atoms with Crippen molar-refractivity contribution in [2.75, 3.05) is 6.54 Å². The summed E-state index contributed by atoms with van der Waals surface area (Å²) in [5.41, 5.74) is 2.34. The number of benzene rings is 1. The Morgan fingerprint density at radius 3 is 2.52 bits per heavy atom. The number of amides is 1. The van der Waals surface area contributed by atoms with Gasteiger partial charge in [0.2, 0.25) is 0 Å². The van der Waals surface area contributed by atoms with E-state index in [1.807, 2.05) is 0 Å². The molecule has 1 unspecified atom stereocenters. The molecule has 138 valence electrons. The summed E-state index contributed by atoms with van der Waals surface area (Å²) in [5, 5.41) is 3.25. The number of nitrogens with two attached hydrogens (primary N) is 1. The molecule has 2 fully saturated rings. The highest BCUT2D eigenvalue weighted by molar-refractivity contribution is 5.66. The lowest BCUT2D eigenvalue weighted by Crippen LogP contribution is -2.57. The number of primary amides is 1. The van der Waals surface area contributed by atoms with Crippen LogP contribution in [0.3, 0.4) is 0 Å². The van der Waals surface area contributed by atoms with Crippen LogP contribution in [0.4, 0.5) is 22.4 Å². The first-order valence-electron chi connectivity index (χ1n) is 8.19. The minimum Gasteiger partial charge on any atom is -0.441 e. The van der Waals surface area contributed by atoms with Crippen LogP contribution in [0, 0.1) is 5.82 Å². The van der Waals surface area contributed by atoms with Gasteiger partial charge in [-0.15, -0.1) is 0 Å². The van der Waals surface area contributed by atoms with Crippen molar-refractivity contribution in [1.29, 1.82) is 0 Å². The van der Waals surface area contributed by atoms with Gasteiger partial charge in [0, 0.05) is 11.5 Å². The van der Waals surface area contributed by atoms with Gasteiger partial charge in [0.1, 0.15) is 11.4 Å². The third kappa shape index (κ3) is 2.96. The Kier molecular flexibility index (Phi) is 4.21. The fourth-order valence-corrected chi connectivity index (χ4v) is 4.10. The monoisotopic (exact) mass is 360 g/mol. The number of hydrogen-bond donors (Lipinski definition) is 2. The highest BCUT2D eigenvalue weighted by Gasteiger charge is 2.64. The molecule has 1 saturated carbocycles. The van der Waals surface area contributed by atoms with Crippen LogP contribution in [0.25, 0.3) is 0 Å². The van der Waals surface area contributed by atoms with Gasteiger partial charge in [-0.1, -0.05) is 6.07 Å². The predicted molar refractivity (Wildman–Crippen MR) is 82.4 cm³/mol. The third-order valence-corrected chi connectivity index (χ3v) is 5.56. The van der Waals surface area contributed by atoms with Crippen molar-refractivity contribution in [2.24, 2.45) is 5.73 Å². The second kappa shape index (κ2) is 5.86. The van der Waals surface area contributed by atoms with E-state index < -0.39 is 34.7 Å². The maximum Gasteiger partial charge on any atom is 0.419 e. The van der Waals surface area contributed by atoms with Crippen LogP contribution in [0.2, 0.25) is 0 Å². The predicted octanol–water partition coefficient (Wildman–Crippen LogP) is 3.48. The minimum absolute atomic E-state index is 0.220. The van der Waals surface area contributed by atoms with Crippen molar-refractivity contribution in [2.45, 2.75) is 55.8 Å². The number of rotatable bonds is 4. The van der Waals surface area contributed by atoms with Crippen molar-refractivity contribution in [3.05, 3.63) is 35.1 Å². The summed E-state index contributed by atoms with van der Waals surface area (Å²) in [6.45, 7) is 2.43. The lowest BCUT2D eigenvalue weighted by molar-refractivity contribution is -0.140. The lowest BCUT2D eigenvalue weighted by Gasteiger charge is -2.42. The normalized spacial score (nSPS) is 24.6. The molecule has 1 saturated heterocycles. The number of ether oxygens (including phenoxy) is 1. The summed E-state index contributed by atoms with van der Waals surface area (Å²) in [6, 6.07) is 2.78. The van der Waals surface area contributed by atoms with Crippen LogP contribution in [0.15, 0.2) is 18.2 Å². The van der Waals surface area contributed by atoms with Gasteiger partial charge in [0.15, 0.2) is 0 Å². The molecule has 1 aromatic carbocycles. The highest BCUT2D eigenvalue weighted by atomic mass is 19.4. The van der Waals surface area contributed by atoms with Gasteiger partial charge in [-0.2, -0.15) is 13.2 Å². The average Bonchev–Trinajstić information content (AvgIpc) is 3.13. The van der Waals surface area contributed by atoms with Crippen molar-refractivity contribution < 1.29 is 27.1 Å².